The second-order valence-electron chi connectivity index (χ2n) is 6.40. The van der Waals surface area contributed by atoms with Gasteiger partial charge in [-0.2, -0.15) is 0 Å². The molecule has 0 aliphatic heterocycles. The van der Waals surface area contributed by atoms with Crippen molar-refractivity contribution in [3.8, 4) is 11.3 Å². The van der Waals surface area contributed by atoms with E-state index in [0.717, 1.165) is 23.3 Å². The summed E-state index contributed by atoms with van der Waals surface area (Å²) in [7, 11) is 1.60. The predicted octanol–water partition coefficient (Wildman–Crippen LogP) is 3.43. The molecule has 0 spiro atoms. The fraction of sp³-hybridized carbons (Fsp3) is 0.100. The summed E-state index contributed by atoms with van der Waals surface area (Å²) in [4.78, 5) is 32.2. The Labute approximate surface area is 162 Å². The number of amides is 1. The van der Waals surface area contributed by atoms with E-state index in [4.69, 9.17) is 4.42 Å². The molecule has 146 valence electrons. The number of benzene rings is 2. The molecule has 2 aromatic carbocycles. The Morgan fingerprint density at radius 3 is 2.52 bits per heavy atom. The zero-order chi connectivity index (χ0) is 20.7. The Morgan fingerprint density at radius 1 is 1.14 bits per heavy atom. The van der Waals surface area contributed by atoms with E-state index in [1.807, 2.05) is 6.92 Å². The van der Waals surface area contributed by atoms with Crippen LogP contribution < -0.4 is 11.1 Å². The second-order valence-corrected chi connectivity index (χ2v) is 6.40. The number of hydrogen-bond acceptors (Lipinski definition) is 5. The third-order valence-corrected chi connectivity index (χ3v) is 4.50. The van der Waals surface area contributed by atoms with Crippen molar-refractivity contribution in [2.75, 3.05) is 5.32 Å². The number of aromatic nitrogens is 3. The topological polar surface area (TPSA) is 90.0 Å². The van der Waals surface area contributed by atoms with Gasteiger partial charge in [0.05, 0.1) is 23.6 Å². The minimum atomic E-state index is -0.971. The molecule has 2 heterocycles. The summed E-state index contributed by atoms with van der Waals surface area (Å²) in [6.07, 6.45) is 2.70. The maximum atomic E-state index is 13.7. The molecule has 0 unspecified atom stereocenters. The SMILES string of the molecule is Cc1cc2oc(=O)n(C)c2cc1-c1cnc(NC(=O)c2c(F)cccc2F)cn1. The van der Waals surface area contributed by atoms with E-state index < -0.39 is 28.9 Å². The number of rotatable bonds is 3. The van der Waals surface area contributed by atoms with Crippen LogP contribution in [-0.2, 0) is 7.05 Å². The minimum absolute atomic E-state index is 0.0378. The maximum Gasteiger partial charge on any atom is 0.419 e. The van der Waals surface area contributed by atoms with Crippen LogP contribution in [0.4, 0.5) is 14.6 Å². The van der Waals surface area contributed by atoms with Crippen LogP contribution in [0.3, 0.4) is 0 Å². The van der Waals surface area contributed by atoms with Gasteiger partial charge in [0, 0.05) is 12.6 Å². The third kappa shape index (κ3) is 3.27. The molecule has 0 aliphatic rings. The Hall–Kier alpha value is -3.88. The Bertz CT molecular complexity index is 1290. The van der Waals surface area contributed by atoms with Gasteiger partial charge in [-0.1, -0.05) is 6.07 Å². The molecule has 29 heavy (non-hydrogen) atoms. The fourth-order valence-corrected chi connectivity index (χ4v) is 2.98. The number of aryl methyl sites for hydroxylation is 2. The Balaban J connectivity index is 1.64. The van der Waals surface area contributed by atoms with Crippen LogP contribution in [0.1, 0.15) is 15.9 Å². The van der Waals surface area contributed by atoms with Crippen molar-refractivity contribution in [1.82, 2.24) is 14.5 Å². The van der Waals surface area contributed by atoms with Crippen LogP contribution in [0.2, 0.25) is 0 Å². The number of nitrogens with one attached hydrogen (secondary N) is 1. The van der Waals surface area contributed by atoms with Gasteiger partial charge in [-0.25, -0.2) is 18.6 Å². The molecule has 4 aromatic rings. The summed E-state index contributed by atoms with van der Waals surface area (Å²) in [5, 5.41) is 2.32. The zero-order valence-electron chi connectivity index (χ0n) is 15.4. The molecule has 1 N–H and O–H groups in total. The van der Waals surface area contributed by atoms with E-state index in [1.54, 1.807) is 19.2 Å². The van der Waals surface area contributed by atoms with E-state index in [0.29, 0.717) is 16.8 Å². The zero-order valence-corrected chi connectivity index (χ0v) is 15.4. The molecule has 0 saturated carbocycles. The summed E-state index contributed by atoms with van der Waals surface area (Å²) in [6.45, 7) is 1.83. The number of hydrogen-bond donors (Lipinski definition) is 1. The van der Waals surface area contributed by atoms with E-state index >= 15 is 0 Å². The van der Waals surface area contributed by atoms with Crippen LogP contribution in [0.5, 0.6) is 0 Å². The molecule has 0 radical (unpaired) electrons. The summed E-state index contributed by atoms with van der Waals surface area (Å²) >= 11 is 0. The molecule has 4 rings (SSSR count). The molecule has 0 bridgehead atoms. The van der Waals surface area contributed by atoms with Gasteiger partial charge in [-0.05, 0) is 36.8 Å². The lowest BCUT2D eigenvalue weighted by Gasteiger charge is -2.08. The number of anilines is 1. The van der Waals surface area contributed by atoms with Gasteiger partial charge < -0.3 is 9.73 Å². The average Bonchev–Trinajstić information content (AvgIpc) is 2.95. The molecular weight excluding hydrogens is 382 g/mol. The van der Waals surface area contributed by atoms with Crippen molar-refractivity contribution in [3.05, 3.63) is 76.0 Å². The number of carbonyl (C=O) groups is 1. The van der Waals surface area contributed by atoms with E-state index in [2.05, 4.69) is 15.3 Å². The summed E-state index contributed by atoms with van der Waals surface area (Å²) in [5.74, 6) is -3.34. The van der Waals surface area contributed by atoms with Gasteiger partial charge in [-0.3, -0.25) is 14.3 Å². The first kappa shape index (κ1) is 18.5. The highest BCUT2D eigenvalue weighted by atomic mass is 19.1. The van der Waals surface area contributed by atoms with Crippen molar-refractivity contribution in [1.29, 1.82) is 0 Å². The quantitative estimate of drug-likeness (QED) is 0.573. The lowest BCUT2D eigenvalue weighted by atomic mass is 10.1. The standard InChI is InChI=1S/C20H14F2N4O3/c1-10-6-16-15(26(2)20(28)29-16)7-11(10)14-8-24-17(9-23-14)25-19(27)18-12(21)4-3-5-13(18)22/h3-9H,1-2H3,(H,24,25,27). The van der Waals surface area contributed by atoms with E-state index in [-0.39, 0.29) is 5.82 Å². The first-order chi connectivity index (χ1) is 13.8. The molecule has 9 heteroatoms. The minimum Gasteiger partial charge on any atom is -0.408 e. The summed E-state index contributed by atoms with van der Waals surface area (Å²) < 4.78 is 34.0. The molecule has 1 amide bonds. The first-order valence-corrected chi connectivity index (χ1v) is 8.53. The normalized spacial score (nSPS) is 11.0. The van der Waals surface area contributed by atoms with Crippen molar-refractivity contribution in [2.45, 2.75) is 6.92 Å². The van der Waals surface area contributed by atoms with Crippen molar-refractivity contribution in [2.24, 2.45) is 7.05 Å². The smallest absolute Gasteiger partial charge is 0.408 e. The molecule has 2 aromatic heterocycles. The van der Waals surface area contributed by atoms with E-state index in [9.17, 15) is 18.4 Å². The van der Waals surface area contributed by atoms with Gasteiger partial charge in [0.2, 0.25) is 0 Å². The molecule has 0 fully saturated rings. The highest BCUT2D eigenvalue weighted by Gasteiger charge is 2.18. The predicted molar refractivity (Wildman–Crippen MR) is 102 cm³/mol. The highest BCUT2D eigenvalue weighted by molar-refractivity contribution is 6.04. The summed E-state index contributed by atoms with van der Waals surface area (Å²) in [6, 6.07) is 6.64. The number of fused-ring (bicyclic) bond motifs is 1. The second kappa shape index (κ2) is 6.93. The summed E-state index contributed by atoms with van der Waals surface area (Å²) in [5.41, 5.74) is 2.40. The van der Waals surface area contributed by atoms with Gasteiger partial charge in [0.1, 0.15) is 17.2 Å². The maximum absolute atomic E-state index is 13.7. The molecule has 7 nitrogen and oxygen atoms in total. The molecule has 0 aliphatic carbocycles. The van der Waals surface area contributed by atoms with Crippen LogP contribution in [0.15, 0.2) is 51.9 Å². The van der Waals surface area contributed by atoms with Crippen LogP contribution in [-0.4, -0.2) is 20.4 Å². The Kier molecular flexibility index (Phi) is 4.42. The number of nitrogens with zero attached hydrogens (tertiary/aromatic N) is 3. The van der Waals surface area contributed by atoms with Crippen molar-refractivity contribution < 1.29 is 18.0 Å². The van der Waals surface area contributed by atoms with Gasteiger partial charge >= 0.3 is 5.76 Å². The number of carbonyl (C=O) groups excluding carboxylic acids is 1. The highest BCUT2D eigenvalue weighted by Crippen LogP contribution is 2.26. The number of halogens is 2. The molecule has 0 atom stereocenters. The van der Waals surface area contributed by atoms with Crippen molar-refractivity contribution >= 4 is 22.8 Å². The van der Waals surface area contributed by atoms with Crippen LogP contribution in [0.25, 0.3) is 22.4 Å². The fourth-order valence-electron chi connectivity index (χ4n) is 2.98. The largest absolute Gasteiger partial charge is 0.419 e. The lowest BCUT2D eigenvalue weighted by molar-refractivity contribution is 0.101. The number of oxazole rings is 1. The third-order valence-electron chi connectivity index (χ3n) is 4.50. The lowest BCUT2D eigenvalue weighted by Crippen LogP contribution is -2.16. The average molecular weight is 396 g/mol. The van der Waals surface area contributed by atoms with Gasteiger partial charge in [0.25, 0.3) is 5.91 Å². The van der Waals surface area contributed by atoms with Crippen molar-refractivity contribution in [3.63, 3.8) is 0 Å². The first-order valence-electron chi connectivity index (χ1n) is 8.53. The van der Waals surface area contributed by atoms with Crippen LogP contribution in [0, 0.1) is 18.6 Å². The van der Waals surface area contributed by atoms with Gasteiger partial charge in [-0.15, -0.1) is 0 Å². The molecule has 0 saturated heterocycles. The van der Waals surface area contributed by atoms with E-state index in [1.165, 1.54) is 23.0 Å². The van der Waals surface area contributed by atoms with Crippen LogP contribution >= 0.6 is 0 Å². The molecular formula is C20H14F2N4O3. The van der Waals surface area contributed by atoms with Gasteiger partial charge in [0.15, 0.2) is 11.4 Å². The monoisotopic (exact) mass is 396 g/mol. The Morgan fingerprint density at radius 2 is 1.86 bits per heavy atom.